The molecule has 0 fully saturated rings. The third-order valence-electron chi connectivity index (χ3n) is 5.77. The molecule has 0 spiro atoms. The van der Waals surface area contributed by atoms with Crippen molar-refractivity contribution in [3.8, 4) is 11.1 Å². The number of fused-ring (bicyclic) bond motifs is 1. The van der Waals surface area contributed by atoms with Gasteiger partial charge in [0.25, 0.3) is 0 Å². The largest absolute Gasteiger partial charge is 0.416 e. The van der Waals surface area contributed by atoms with E-state index in [9.17, 15) is 13.2 Å². The molecule has 1 N–H and O–H groups in total. The van der Waals surface area contributed by atoms with E-state index in [0.717, 1.165) is 30.5 Å². The number of aromatic nitrogens is 4. The number of likely N-dealkylation sites (N-methyl/N-ethyl adjacent to an activating group) is 1. The van der Waals surface area contributed by atoms with Gasteiger partial charge in [-0.2, -0.15) is 23.4 Å². The molecule has 34 heavy (non-hydrogen) atoms. The predicted octanol–water partition coefficient (Wildman–Crippen LogP) is 5.13. The molecular formula is C24H31F3N6O. The molecule has 1 aliphatic rings. The zero-order valence-electron chi connectivity index (χ0n) is 20.4. The van der Waals surface area contributed by atoms with Crippen LogP contribution in [0.3, 0.4) is 0 Å². The average molecular weight is 477 g/mol. The van der Waals surface area contributed by atoms with Crippen LogP contribution in [0.2, 0.25) is 0 Å². The van der Waals surface area contributed by atoms with E-state index in [4.69, 9.17) is 9.89 Å². The molecular weight excluding hydrogens is 445 g/mol. The summed E-state index contributed by atoms with van der Waals surface area (Å²) in [5.41, 5.74) is 3.17. The summed E-state index contributed by atoms with van der Waals surface area (Å²) in [5.74, 6) is 0.620. The zero-order chi connectivity index (χ0) is 25.2. The van der Waals surface area contributed by atoms with E-state index in [1.165, 1.54) is 19.9 Å². The van der Waals surface area contributed by atoms with Crippen LogP contribution in [-0.2, 0) is 31.0 Å². The molecule has 0 radical (unpaired) electrons. The van der Waals surface area contributed by atoms with Gasteiger partial charge in [0.15, 0.2) is 5.82 Å². The van der Waals surface area contributed by atoms with Crippen LogP contribution >= 0.6 is 0 Å². The molecule has 0 saturated heterocycles. The Bertz CT molecular complexity index is 1160. The van der Waals surface area contributed by atoms with Gasteiger partial charge in [0.1, 0.15) is 6.29 Å². The van der Waals surface area contributed by atoms with Crippen LogP contribution in [0, 0.1) is 6.92 Å². The van der Waals surface area contributed by atoms with E-state index in [1.807, 2.05) is 11.7 Å². The van der Waals surface area contributed by atoms with E-state index < -0.39 is 11.7 Å². The van der Waals surface area contributed by atoms with E-state index in [-0.39, 0.29) is 11.6 Å². The summed E-state index contributed by atoms with van der Waals surface area (Å²) in [6.07, 6.45) is 0.425. The Kier molecular flexibility index (Phi) is 7.50. The molecule has 0 aliphatic carbocycles. The van der Waals surface area contributed by atoms with Crippen molar-refractivity contribution in [3.05, 3.63) is 46.9 Å². The molecule has 0 amide bonds. The minimum atomic E-state index is -4.46. The second-order valence-corrected chi connectivity index (χ2v) is 8.76. The van der Waals surface area contributed by atoms with Gasteiger partial charge >= 0.3 is 6.18 Å². The minimum Gasteiger partial charge on any atom is -0.338 e. The number of aldehydes is 1. The van der Waals surface area contributed by atoms with Crippen molar-refractivity contribution in [2.45, 2.75) is 52.9 Å². The van der Waals surface area contributed by atoms with Crippen LogP contribution in [0.4, 0.5) is 24.7 Å². The number of carbonyl (C=O) groups is 1. The third-order valence-corrected chi connectivity index (χ3v) is 5.77. The molecule has 184 valence electrons. The number of anilines is 2. The normalized spacial score (nSPS) is 13.9. The zero-order valence-corrected chi connectivity index (χ0v) is 20.4. The summed E-state index contributed by atoms with van der Waals surface area (Å²) < 4.78 is 45.0. The first-order valence-corrected chi connectivity index (χ1v) is 11.1. The molecule has 10 heteroatoms. The molecule has 0 unspecified atom stereocenters. The lowest BCUT2D eigenvalue weighted by molar-refractivity contribution is -0.138. The van der Waals surface area contributed by atoms with Crippen LogP contribution in [0.15, 0.2) is 24.5 Å². The number of hydrogen-bond donors (Lipinski definition) is 1. The molecule has 4 rings (SSSR count). The minimum absolute atomic E-state index is 0.150. The van der Waals surface area contributed by atoms with E-state index in [1.54, 1.807) is 30.2 Å². The lowest BCUT2D eigenvalue weighted by Crippen LogP contribution is -2.28. The number of nitrogens with zero attached hydrogens (tertiary/aromatic N) is 5. The number of aryl methyl sites for hydroxylation is 1. The van der Waals surface area contributed by atoms with Gasteiger partial charge < -0.3 is 15.0 Å². The SMILES string of the molecule is CC=O.Cc1c(Nc2nn(C(C)C)c3c2CN(C)CC3)cc(-c2cnn(C)c2)cc1C(F)(F)F. The summed E-state index contributed by atoms with van der Waals surface area (Å²) in [5, 5.41) is 12.1. The first-order valence-electron chi connectivity index (χ1n) is 11.1. The predicted molar refractivity (Wildman–Crippen MR) is 126 cm³/mol. The second-order valence-electron chi connectivity index (χ2n) is 8.76. The molecule has 3 aromatic rings. The molecule has 1 aliphatic heterocycles. The molecule has 0 atom stereocenters. The van der Waals surface area contributed by atoms with Crippen molar-refractivity contribution >= 4 is 17.8 Å². The standard InChI is InChI=1S/C22H27F3N6.C2H4O/c1-13(2)31-20-6-7-29(4)12-17(20)21(28-31)27-19-9-15(16-10-26-30(5)11-16)8-18(14(19)3)22(23,24)25;1-2-3/h8-11,13H,6-7,12H2,1-5H3,(H,27,28);2H,1H3. The quantitative estimate of drug-likeness (QED) is 0.529. The fourth-order valence-corrected chi connectivity index (χ4v) is 4.11. The van der Waals surface area contributed by atoms with Crippen LogP contribution in [0.1, 0.15) is 49.2 Å². The number of benzene rings is 1. The monoisotopic (exact) mass is 476 g/mol. The Morgan fingerprint density at radius 2 is 1.85 bits per heavy atom. The number of rotatable bonds is 4. The first-order chi connectivity index (χ1) is 16.0. The van der Waals surface area contributed by atoms with Gasteiger partial charge in [0.2, 0.25) is 0 Å². The van der Waals surface area contributed by atoms with Gasteiger partial charge in [-0.05, 0) is 58.0 Å². The van der Waals surface area contributed by atoms with Crippen molar-refractivity contribution in [1.29, 1.82) is 0 Å². The number of alkyl halides is 3. The van der Waals surface area contributed by atoms with Gasteiger partial charge in [-0.1, -0.05) is 0 Å². The Morgan fingerprint density at radius 3 is 2.41 bits per heavy atom. The van der Waals surface area contributed by atoms with Crippen LogP contribution in [0.5, 0.6) is 0 Å². The highest BCUT2D eigenvalue weighted by molar-refractivity contribution is 5.74. The maximum absolute atomic E-state index is 13.8. The van der Waals surface area contributed by atoms with Gasteiger partial charge in [-0.15, -0.1) is 0 Å². The van der Waals surface area contributed by atoms with E-state index in [2.05, 4.69) is 29.2 Å². The Morgan fingerprint density at radius 1 is 1.18 bits per heavy atom. The van der Waals surface area contributed by atoms with Crippen molar-refractivity contribution in [3.63, 3.8) is 0 Å². The molecule has 7 nitrogen and oxygen atoms in total. The fraction of sp³-hybridized carbons (Fsp3) is 0.458. The Balaban J connectivity index is 0.00000103. The van der Waals surface area contributed by atoms with Crippen LogP contribution in [0.25, 0.3) is 11.1 Å². The lowest BCUT2D eigenvalue weighted by atomic mass is 9.99. The highest BCUT2D eigenvalue weighted by Gasteiger charge is 2.34. The first kappa shape index (κ1) is 25.5. The maximum atomic E-state index is 13.8. The number of carbonyl (C=O) groups excluding carboxylic acids is 1. The van der Waals surface area contributed by atoms with Crippen LogP contribution in [-0.4, -0.2) is 44.3 Å². The number of halogens is 3. The van der Waals surface area contributed by atoms with Gasteiger partial charge in [0, 0.05) is 61.3 Å². The smallest absolute Gasteiger partial charge is 0.338 e. The molecule has 2 aromatic heterocycles. The molecule has 0 bridgehead atoms. The summed E-state index contributed by atoms with van der Waals surface area (Å²) in [7, 11) is 3.78. The fourth-order valence-electron chi connectivity index (χ4n) is 4.11. The Hall–Kier alpha value is -3.14. The second kappa shape index (κ2) is 10.0. The van der Waals surface area contributed by atoms with Crippen molar-refractivity contribution in [1.82, 2.24) is 24.5 Å². The molecule has 3 heterocycles. The van der Waals surface area contributed by atoms with Crippen molar-refractivity contribution in [2.24, 2.45) is 7.05 Å². The summed E-state index contributed by atoms with van der Waals surface area (Å²) in [4.78, 5) is 11.0. The van der Waals surface area contributed by atoms with Gasteiger partial charge in [0.05, 0.1) is 11.8 Å². The molecule has 0 saturated carbocycles. The number of hydrogen-bond acceptors (Lipinski definition) is 5. The van der Waals surface area contributed by atoms with Gasteiger partial charge in [-0.3, -0.25) is 9.36 Å². The summed E-state index contributed by atoms with van der Waals surface area (Å²) >= 11 is 0. The van der Waals surface area contributed by atoms with Crippen molar-refractivity contribution in [2.75, 3.05) is 18.9 Å². The van der Waals surface area contributed by atoms with E-state index >= 15 is 0 Å². The highest BCUT2D eigenvalue weighted by Crippen LogP contribution is 2.40. The number of nitrogens with one attached hydrogen (secondary N) is 1. The third kappa shape index (κ3) is 5.32. The maximum Gasteiger partial charge on any atom is 0.416 e. The molecule has 1 aromatic carbocycles. The average Bonchev–Trinajstić information content (AvgIpc) is 3.33. The van der Waals surface area contributed by atoms with Gasteiger partial charge in [-0.25, -0.2) is 0 Å². The lowest BCUT2D eigenvalue weighted by Gasteiger charge is -2.24. The van der Waals surface area contributed by atoms with Crippen LogP contribution < -0.4 is 5.32 Å². The topological polar surface area (TPSA) is 68.0 Å². The summed E-state index contributed by atoms with van der Waals surface area (Å²) in [6.45, 7) is 8.70. The Labute approximate surface area is 197 Å². The van der Waals surface area contributed by atoms with E-state index in [0.29, 0.717) is 29.2 Å². The summed E-state index contributed by atoms with van der Waals surface area (Å²) in [6, 6.07) is 3.10. The highest BCUT2D eigenvalue weighted by atomic mass is 19.4. The van der Waals surface area contributed by atoms with Crippen molar-refractivity contribution < 1.29 is 18.0 Å².